The van der Waals surface area contributed by atoms with Gasteiger partial charge in [-0.25, -0.2) is 9.97 Å². The zero-order chi connectivity index (χ0) is 38.3. The van der Waals surface area contributed by atoms with Crippen molar-refractivity contribution < 1.29 is 0 Å². The lowest BCUT2D eigenvalue weighted by molar-refractivity contribution is 1.08. The number of rotatable bonds is 3. The third-order valence-corrected chi connectivity index (χ3v) is 12.7. The quantitative estimate of drug-likeness (QED) is 0.180. The Morgan fingerprint density at radius 3 is 1.78 bits per heavy atom. The molecule has 0 bridgehead atoms. The maximum atomic E-state index is 5.64. The Hall–Kier alpha value is -8.02. The van der Waals surface area contributed by atoms with Crippen molar-refractivity contribution >= 4 is 104 Å². The predicted octanol–water partition coefficient (Wildman–Crippen LogP) is 13.8. The number of para-hydroxylation sites is 6. The number of fused-ring (bicyclic) bond motifs is 16. The summed E-state index contributed by atoms with van der Waals surface area (Å²) in [6, 6.07) is 67.9. The van der Waals surface area contributed by atoms with E-state index >= 15 is 0 Å². The van der Waals surface area contributed by atoms with E-state index in [2.05, 4.69) is 202 Å². The van der Waals surface area contributed by atoms with Crippen molar-refractivity contribution in [2.45, 2.75) is 0 Å². The molecule has 272 valence electrons. The normalized spacial score (nSPS) is 12.4. The molecule has 9 aromatic carbocycles. The van der Waals surface area contributed by atoms with Crippen molar-refractivity contribution in [1.29, 1.82) is 0 Å². The Bertz CT molecular complexity index is 4070. The van der Waals surface area contributed by atoms with E-state index in [0.717, 1.165) is 50.3 Å². The van der Waals surface area contributed by atoms with Crippen LogP contribution >= 0.6 is 0 Å². The lowest BCUT2D eigenvalue weighted by atomic mass is 10.0. The molecule has 0 N–H and O–H groups in total. The minimum absolute atomic E-state index is 0.809. The van der Waals surface area contributed by atoms with E-state index in [9.17, 15) is 0 Å². The summed E-state index contributed by atoms with van der Waals surface area (Å²) in [6.07, 6.45) is 0. The summed E-state index contributed by atoms with van der Waals surface area (Å²) in [6.45, 7) is 0. The van der Waals surface area contributed by atoms with Crippen LogP contribution in [-0.4, -0.2) is 23.5 Å². The molecule has 0 radical (unpaired) electrons. The fourth-order valence-electron chi connectivity index (χ4n) is 10.3. The van der Waals surface area contributed by atoms with Gasteiger partial charge in [-0.05, 0) is 71.4 Å². The zero-order valence-corrected chi connectivity index (χ0v) is 31.6. The molecule has 0 saturated carbocycles. The predicted molar refractivity (Wildman–Crippen MR) is 246 cm³/mol. The molecule has 5 heteroatoms. The van der Waals surface area contributed by atoms with Gasteiger partial charge in [-0.2, -0.15) is 0 Å². The van der Waals surface area contributed by atoms with Gasteiger partial charge in [0.2, 0.25) is 0 Å². The van der Waals surface area contributed by atoms with E-state index in [1.165, 1.54) is 75.9 Å². The molecule has 0 aliphatic heterocycles. The van der Waals surface area contributed by atoms with Crippen LogP contribution in [-0.2, 0) is 0 Å². The number of nitrogens with zero attached hydrogens (tertiary/aromatic N) is 5. The summed E-state index contributed by atoms with van der Waals surface area (Å²) in [5, 5.41) is 12.3. The van der Waals surface area contributed by atoms with Gasteiger partial charge in [0.1, 0.15) is 5.69 Å². The average Bonchev–Trinajstić information content (AvgIpc) is 4.02. The van der Waals surface area contributed by atoms with Gasteiger partial charge >= 0.3 is 0 Å². The van der Waals surface area contributed by atoms with E-state index in [1.807, 2.05) is 0 Å². The second-order valence-corrected chi connectivity index (χ2v) is 15.7. The van der Waals surface area contributed by atoms with Gasteiger partial charge in [0.05, 0.1) is 49.7 Å². The van der Waals surface area contributed by atoms with Gasteiger partial charge in [-0.3, -0.25) is 4.57 Å². The third kappa shape index (κ3) is 4.03. The highest BCUT2D eigenvalue weighted by Gasteiger charge is 2.27. The smallest absolute Gasteiger partial charge is 0.165 e. The van der Waals surface area contributed by atoms with Gasteiger partial charge in [0, 0.05) is 54.3 Å². The molecule has 0 aliphatic rings. The number of aromatic nitrogens is 5. The Labute approximate surface area is 336 Å². The maximum absolute atomic E-state index is 5.64. The number of hydrogen-bond acceptors (Lipinski definition) is 2. The Kier molecular flexibility index (Phi) is 5.96. The molecule has 0 unspecified atom stereocenters. The second kappa shape index (κ2) is 11.3. The number of benzene rings is 9. The van der Waals surface area contributed by atoms with Crippen molar-refractivity contribution in [3.63, 3.8) is 0 Å². The Morgan fingerprint density at radius 1 is 0.339 bits per heavy atom. The van der Waals surface area contributed by atoms with Crippen molar-refractivity contribution in [1.82, 2.24) is 23.5 Å². The molecule has 0 fully saturated rings. The SMILES string of the molecule is c1ccc(-n2c3ccccc3c3ccc(-c4nc5ccccc5nc4-n4c5ccc6ccccc6c5c5cc6c7ccccc7n7c8ccccc8c(c54)c67)cc32)cc1. The summed E-state index contributed by atoms with van der Waals surface area (Å²) in [5.74, 6) is 0.809. The molecule has 0 spiro atoms. The molecule has 0 amide bonds. The minimum atomic E-state index is 0.809. The molecular weight excluding hydrogens is 719 g/mol. The molecule has 5 heterocycles. The van der Waals surface area contributed by atoms with E-state index in [0.29, 0.717) is 0 Å². The summed E-state index contributed by atoms with van der Waals surface area (Å²) < 4.78 is 7.28. The zero-order valence-electron chi connectivity index (χ0n) is 31.6. The summed E-state index contributed by atoms with van der Waals surface area (Å²) in [4.78, 5) is 11.2. The second-order valence-electron chi connectivity index (χ2n) is 15.7. The monoisotopic (exact) mass is 749 g/mol. The molecule has 0 aliphatic carbocycles. The van der Waals surface area contributed by atoms with Crippen LogP contribution in [0, 0.1) is 0 Å². The van der Waals surface area contributed by atoms with E-state index < -0.39 is 0 Å². The van der Waals surface area contributed by atoms with Crippen molar-refractivity contribution in [3.8, 4) is 22.8 Å². The summed E-state index contributed by atoms with van der Waals surface area (Å²) in [7, 11) is 0. The molecule has 14 rings (SSSR count). The van der Waals surface area contributed by atoms with Gasteiger partial charge in [0.15, 0.2) is 5.82 Å². The van der Waals surface area contributed by atoms with Crippen molar-refractivity contribution in [3.05, 3.63) is 188 Å². The lowest BCUT2D eigenvalue weighted by Crippen LogP contribution is -2.04. The van der Waals surface area contributed by atoms with Gasteiger partial charge in [-0.15, -0.1) is 0 Å². The van der Waals surface area contributed by atoms with Crippen LogP contribution in [0.25, 0.3) is 126 Å². The standard InChI is InChI=1S/C54H31N5/c1-2-15-34(16-3-1)57-44-23-11-6-18-36(44)38-28-26-33(30-48(38)57)51-54(56-43-22-10-9-21-42(43)55-51)59-47-29-27-32-14-4-5-17-35(32)49(47)41-31-40-37-19-7-12-24-45(37)58-46-25-13-8-20-39(46)50(52(40)58)53(41)59/h1-31H. The fraction of sp³-hybridized carbons (Fsp3) is 0. The fourth-order valence-corrected chi connectivity index (χ4v) is 10.3. The first-order valence-electron chi connectivity index (χ1n) is 20.2. The highest BCUT2D eigenvalue weighted by Crippen LogP contribution is 2.48. The van der Waals surface area contributed by atoms with Crippen LogP contribution < -0.4 is 0 Å². The first-order valence-corrected chi connectivity index (χ1v) is 20.2. The highest BCUT2D eigenvalue weighted by molar-refractivity contribution is 6.36. The van der Waals surface area contributed by atoms with Crippen LogP contribution in [0.3, 0.4) is 0 Å². The van der Waals surface area contributed by atoms with E-state index in [1.54, 1.807) is 0 Å². The van der Waals surface area contributed by atoms with Crippen LogP contribution in [0.5, 0.6) is 0 Å². The maximum Gasteiger partial charge on any atom is 0.165 e. The van der Waals surface area contributed by atoms with E-state index in [-0.39, 0.29) is 0 Å². The van der Waals surface area contributed by atoms with Crippen molar-refractivity contribution in [2.75, 3.05) is 0 Å². The van der Waals surface area contributed by atoms with Gasteiger partial charge in [-0.1, -0.05) is 127 Å². The molecule has 5 nitrogen and oxygen atoms in total. The molecule has 0 atom stereocenters. The molecule has 0 saturated heterocycles. The third-order valence-electron chi connectivity index (χ3n) is 12.7. The molecular formula is C54H31N5. The van der Waals surface area contributed by atoms with Gasteiger partial charge in [0.25, 0.3) is 0 Å². The minimum Gasteiger partial charge on any atom is -0.309 e. The van der Waals surface area contributed by atoms with Crippen LogP contribution in [0.1, 0.15) is 0 Å². The van der Waals surface area contributed by atoms with Crippen LogP contribution in [0.4, 0.5) is 0 Å². The molecule has 14 aromatic rings. The lowest BCUT2D eigenvalue weighted by Gasteiger charge is -2.15. The van der Waals surface area contributed by atoms with E-state index in [4.69, 9.17) is 9.97 Å². The first kappa shape index (κ1) is 31.1. The summed E-state index contributed by atoms with van der Waals surface area (Å²) in [5.41, 5.74) is 12.9. The molecule has 59 heavy (non-hydrogen) atoms. The largest absolute Gasteiger partial charge is 0.309 e. The van der Waals surface area contributed by atoms with Gasteiger partial charge < -0.3 is 8.97 Å². The topological polar surface area (TPSA) is 40.0 Å². The summed E-state index contributed by atoms with van der Waals surface area (Å²) >= 11 is 0. The Morgan fingerprint density at radius 2 is 0.966 bits per heavy atom. The van der Waals surface area contributed by atoms with Crippen molar-refractivity contribution in [2.24, 2.45) is 0 Å². The Balaban J connectivity index is 1.19. The highest BCUT2D eigenvalue weighted by atomic mass is 15.1. The van der Waals surface area contributed by atoms with Crippen LogP contribution in [0.2, 0.25) is 0 Å². The average molecular weight is 750 g/mol. The molecule has 5 aromatic heterocycles. The number of hydrogen-bond donors (Lipinski definition) is 0. The van der Waals surface area contributed by atoms with Crippen LogP contribution in [0.15, 0.2) is 188 Å². The first-order chi connectivity index (χ1) is 29.3.